The van der Waals surface area contributed by atoms with E-state index in [1.165, 1.54) is 12.1 Å². The number of benzene rings is 1. The van der Waals surface area contributed by atoms with Crippen molar-refractivity contribution in [1.29, 1.82) is 0 Å². The van der Waals surface area contributed by atoms with Gasteiger partial charge in [-0.15, -0.1) is 0 Å². The summed E-state index contributed by atoms with van der Waals surface area (Å²) in [5, 5.41) is 4.68. The zero-order chi connectivity index (χ0) is 15.8. The summed E-state index contributed by atoms with van der Waals surface area (Å²) in [5.74, 6) is -0.250. The fourth-order valence-electron chi connectivity index (χ4n) is 2.75. The number of rotatable bonds is 2. The molecule has 0 amide bonds. The minimum absolute atomic E-state index is 0.250. The van der Waals surface area contributed by atoms with E-state index in [1.807, 2.05) is 54.0 Å². The lowest BCUT2D eigenvalue weighted by molar-refractivity contribution is 0.628. The molecule has 0 unspecified atom stereocenters. The second-order valence-electron chi connectivity index (χ2n) is 5.43. The Balaban J connectivity index is 2.04. The highest BCUT2D eigenvalue weighted by molar-refractivity contribution is 5.91. The van der Waals surface area contributed by atoms with Gasteiger partial charge in [-0.2, -0.15) is 5.10 Å². The van der Waals surface area contributed by atoms with Crippen LogP contribution in [0.15, 0.2) is 66.9 Å². The highest BCUT2D eigenvalue weighted by Gasteiger charge is 2.17. The maximum Gasteiger partial charge on any atom is 0.123 e. The largest absolute Gasteiger partial charge is 0.251 e. The van der Waals surface area contributed by atoms with Gasteiger partial charge in [-0.05, 0) is 48.9 Å². The van der Waals surface area contributed by atoms with Gasteiger partial charge in [0.25, 0.3) is 0 Å². The average Bonchev–Trinajstić information content (AvgIpc) is 2.95. The molecular weight excluding hydrogens is 289 g/mol. The number of halogens is 1. The van der Waals surface area contributed by atoms with Gasteiger partial charge in [-0.1, -0.05) is 24.3 Å². The molecule has 0 bridgehead atoms. The second kappa shape index (κ2) is 5.32. The summed E-state index contributed by atoms with van der Waals surface area (Å²) in [4.78, 5) is 4.59. The Labute approximate surface area is 133 Å². The summed E-state index contributed by atoms with van der Waals surface area (Å²) < 4.78 is 15.1. The molecule has 0 aliphatic carbocycles. The van der Waals surface area contributed by atoms with Crippen LogP contribution in [0.1, 0.15) is 5.69 Å². The average molecular weight is 303 g/mol. The molecule has 0 N–H and O–H groups in total. The molecule has 0 saturated carbocycles. The Hall–Kier alpha value is -3.01. The van der Waals surface area contributed by atoms with Crippen molar-refractivity contribution in [3.05, 3.63) is 78.4 Å². The van der Waals surface area contributed by atoms with Crippen molar-refractivity contribution in [1.82, 2.24) is 14.6 Å². The highest BCUT2D eigenvalue weighted by Crippen LogP contribution is 2.34. The van der Waals surface area contributed by atoms with Gasteiger partial charge in [0.2, 0.25) is 0 Å². The van der Waals surface area contributed by atoms with Crippen molar-refractivity contribution in [2.75, 3.05) is 0 Å². The van der Waals surface area contributed by atoms with E-state index in [9.17, 15) is 4.39 Å². The van der Waals surface area contributed by atoms with Crippen LogP contribution in [0.5, 0.6) is 0 Å². The van der Waals surface area contributed by atoms with E-state index in [0.29, 0.717) is 0 Å². The zero-order valence-corrected chi connectivity index (χ0v) is 12.6. The molecule has 4 aromatic rings. The molecular formula is C19H14FN3. The van der Waals surface area contributed by atoms with Gasteiger partial charge in [0, 0.05) is 17.5 Å². The summed E-state index contributed by atoms with van der Waals surface area (Å²) in [6, 6.07) is 18.3. The zero-order valence-electron chi connectivity index (χ0n) is 12.6. The minimum atomic E-state index is -0.250. The predicted molar refractivity (Wildman–Crippen MR) is 88.6 cm³/mol. The van der Waals surface area contributed by atoms with Crippen molar-refractivity contribution >= 4 is 5.52 Å². The van der Waals surface area contributed by atoms with Crippen LogP contribution in [0, 0.1) is 12.7 Å². The maximum absolute atomic E-state index is 13.3. The summed E-state index contributed by atoms with van der Waals surface area (Å²) in [5.41, 5.74) is 5.40. The molecule has 0 radical (unpaired) electrons. The van der Waals surface area contributed by atoms with E-state index in [-0.39, 0.29) is 5.82 Å². The normalized spacial score (nSPS) is 11.0. The number of pyridine rings is 2. The third-order valence-corrected chi connectivity index (χ3v) is 3.80. The first-order chi connectivity index (χ1) is 11.2. The molecule has 4 rings (SSSR count). The number of aromatic nitrogens is 3. The molecule has 0 aliphatic heterocycles. The Morgan fingerprint density at radius 3 is 2.52 bits per heavy atom. The Bertz CT molecular complexity index is 987. The summed E-state index contributed by atoms with van der Waals surface area (Å²) in [6.45, 7) is 1.96. The van der Waals surface area contributed by atoms with E-state index in [1.54, 1.807) is 12.1 Å². The van der Waals surface area contributed by atoms with E-state index in [2.05, 4.69) is 10.1 Å². The number of fused-ring (bicyclic) bond motifs is 1. The van der Waals surface area contributed by atoms with Crippen molar-refractivity contribution in [2.24, 2.45) is 0 Å². The monoisotopic (exact) mass is 303 g/mol. The van der Waals surface area contributed by atoms with Crippen LogP contribution >= 0.6 is 0 Å². The highest BCUT2D eigenvalue weighted by atomic mass is 19.1. The van der Waals surface area contributed by atoms with E-state index in [4.69, 9.17) is 0 Å². The molecule has 0 spiro atoms. The van der Waals surface area contributed by atoms with Gasteiger partial charge in [0.05, 0.1) is 11.2 Å². The van der Waals surface area contributed by atoms with E-state index >= 15 is 0 Å². The summed E-state index contributed by atoms with van der Waals surface area (Å²) in [6.07, 6.45) is 1.90. The second-order valence-corrected chi connectivity index (χ2v) is 5.43. The van der Waals surface area contributed by atoms with Crippen molar-refractivity contribution in [2.45, 2.75) is 6.92 Å². The fourth-order valence-corrected chi connectivity index (χ4v) is 2.75. The fraction of sp³-hybridized carbons (Fsp3) is 0.0526. The van der Waals surface area contributed by atoms with Crippen LogP contribution in [0.2, 0.25) is 0 Å². The van der Waals surface area contributed by atoms with Gasteiger partial charge in [0.15, 0.2) is 0 Å². The van der Waals surface area contributed by atoms with E-state index in [0.717, 1.165) is 33.7 Å². The molecule has 1 aromatic carbocycles. The maximum atomic E-state index is 13.3. The molecule has 112 valence electrons. The van der Waals surface area contributed by atoms with Gasteiger partial charge in [-0.3, -0.25) is 4.98 Å². The Kier molecular flexibility index (Phi) is 3.15. The number of hydrogen-bond acceptors (Lipinski definition) is 2. The lowest BCUT2D eigenvalue weighted by Crippen LogP contribution is -1.89. The third-order valence-electron chi connectivity index (χ3n) is 3.80. The van der Waals surface area contributed by atoms with Crippen LogP contribution in [-0.4, -0.2) is 14.6 Å². The van der Waals surface area contributed by atoms with Crippen LogP contribution < -0.4 is 0 Å². The Morgan fingerprint density at radius 2 is 1.74 bits per heavy atom. The molecule has 23 heavy (non-hydrogen) atoms. The smallest absolute Gasteiger partial charge is 0.123 e. The standard InChI is InChI=1S/C19H14FN3/c1-13-5-4-6-16(21-13)19-18(14-8-10-15(20)11-9-14)17-7-2-3-12-23(17)22-19/h2-12H,1H3. The van der Waals surface area contributed by atoms with Crippen LogP contribution in [-0.2, 0) is 0 Å². The number of aryl methyl sites for hydroxylation is 1. The van der Waals surface area contributed by atoms with Gasteiger partial charge in [-0.25, -0.2) is 8.91 Å². The molecule has 0 atom stereocenters. The molecule has 0 saturated heterocycles. The lowest BCUT2D eigenvalue weighted by Gasteiger charge is -2.04. The van der Waals surface area contributed by atoms with Crippen LogP contribution in [0.25, 0.3) is 28.0 Å². The third kappa shape index (κ3) is 2.38. The summed E-state index contributed by atoms with van der Waals surface area (Å²) >= 11 is 0. The summed E-state index contributed by atoms with van der Waals surface area (Å²) in [7, 11) is 0. The molecule has 4 heteroatoms. The number of hydrogen-bond donors (Lipinski definition) is 0. The molecule has 3 aromatic heterocycles. The molecule has 0 aliphatic rings. The minimum Gasteiger partial charge on any atom is -0.251 e. The predicted octanol–water partition coefficient (Wildman–Crippen LogP) is 4.51. The quantitative estimate of drug-likeness (QED) is 0.545. The van der Waals surface area contributed by atoms with Crippen molar-refractivity contribution in [3.8, 4) is 22.5 Å². The Morgan fingerprint density at radius 1 is 0.913 bits per heavy atom. The van der Waals surface area contributed by atoms with Crippen LogP contribution in [0.3, 0.4) is 0 Å². The van der Waals surface area contributed by atoms with Crippen molar-refractivity contribution in [3.63, 3.8) is 0 Å². The molecule has 0 fully saturated rings. The lowest BCUT2D eigenvalue weighted by atomic mass is 10.0. The van der Waals surface area contributed by atoms with Gasteiger partial charge >= 0.3 is 0 Å². The first-order valence-electron chi connectivity index (χ1n) is 7.40. The first kappa shape index (κ1) is 13.6. The first-order valence-corrected chi connectivity index (χ1v) is 7.40. The molecule has 3 heterocycles. The SMILES string of the molecule is Cc1cccc(-c2nn3ccccc3c2-c2ccc(F)cc2)n1. The topological polar surface area (TPSA) is 30.2 Å². The van der Waals surface area contributed by atoms with Gasteiger partial charge in [0.1, 0.15) is 11.5 Å². The van der Waals surface area contributed by atoms with Gasteiger partial charge < -0.3 is 0 Å². The van der Waals surface area contributed by atoms with Crippen LogP contribution in [0.4, 0.5) is 4.39 Å². The number of nitrogens with zero attached hydrogens (tertiary/aromatic N) is 3. The molecule has 3 nitrogen and oxygen atoms in total. The van der Waals surface area contributed by atoms with E-state index < -0.39 is 0 Å². The van der Waals surface area contributed by atoms with Crippen molar-refractivity contribution < 1.29 is 4.39 Å².